The van der Waals surface area contributed by atoms with Gasteiger partial charge in [-0.3, -0.25) is 0 Å². The molecule has 1 aliphatic rings. The lowest BCUT2D eigenvalue weighted by Gasteiger charge is -2.26. The molecule has 3 heteroatoms. The second-order valence-electron chi connectivity index (χ2n) is 5.02. The maximum absolute atomic E-state index is 6.01. The van der Waals surface area contributed by atoms with Crippen LogP contribution in [0.25, 0.3) is 0 Å². The van der Waals surface area contributed by atoms with Gasteiger partial charge in [0.15, 0.2) is 0 Å². The molecule has 0 aromatic heterocycles. The normalized spacial score (nSPS) is 18.7. The van der Waals surface area contributed by atoms with Gasteiger partial charge in [-0.05, 0) is 11.6 Å². The van der Waals surface area contributed by atoms with E-state index in [-0.39, 0.29) is 0 Å². The van der Waals surface area contributed by atoms with E-state index in [0.717, 1.165) is 25.4 Å². The molecule has 1 fully saturated rings. The highest BCUT2D eigenvalue weighted by atomic mass is 16.5. The van der Waals surface area contributed by atoms with E-state index in [1.807, 2.05) is 24.3 Å². The second-order valence-corrected chi connectivity index (χ2v) is 5.02. The van der Waals surface area contributed by atoms with E-state index in [1.165, 1.54) is 11.1 Å². The third-order valence-corrected chi connectivity index (χ3v) is 3.57. The van der Waals surface area contributed by atoms with Crippen LogP contribution in [0.2, 0.25) is 0 Å². The number of nitrogens with one attached hydrogen (secondary N) is 2. The standard InChI is InChI=1S/C17H20N2O/c1-2-6-14(7-3-1)13-20-17-9-5-4-8-15(17)16-12-18-10-11-19-16/h1-9,16,18-19H,10-13H2/t16-/m0/s1. The fraction of sp³-hybridized carbons (Fsp3) is 0.294. The van der Waals surface area contributed by atoms with E-state index in [2.05, 4.69) is 41.0 Å². The zero-order valence-corrected chi connectivity index (χ0v) is 11.5. The van der Waals surface area contributed by atoms with Crippen LogP contribution >= 0.6 is 0 Å². The Hall–Kier alpha value is -1.84. The van der Waals surface area contributed by atoms with Crippen LogP contribution in [0, 0.1) is 0 Å². The lowest BCUT2D eigenvalue weighted by Crippen LogP contribution is -2.42. The summed E-state index contributed by atoms with van der Waals surface area (Å²) in [6, 6.07) is 18.9. The smallest absolute Gasteiger partial charge is 0.124 e. The van der Waals surface area contributed by atoms with Crippen LogP contribution in [-0.4, -0.2) is 19.6 Å². The molecule has 1 saturated heterocycles. The van der Waals surface area contributed by atoms with E-state index in [4.69, 9.17) is 4.74 Å². The first-order chi connectivity index (χ1) is 9.93. The molecule has 3 rings (SSSR count). The second kappa shape index (κ2) is 6.55. The van der Waals surface area contributed by atoms with Crippen molar-refractivity contribution in [2.45, 2.75) is 12.6 Å². The van der Waals surface area contributed by atoms with Crippen LogP contribution in [0.3, 0.4) is 0 Å². The summed E-state index contributed by atoms with van der Waals surface area (Å²) in [6.07, 6.45) is 0. The van der Waals surface area contributed by atoms with Gasteiger partial charge in [-0.15, -0.1) is 0 Å². The Morgan fingerprint density at radius 2 is 1.75 bits per heavy atom. The van der Waals surface area contributed by atoms with E-state index < -0.39 is 0 Å². The Morgan fingerprint density at radius 3 is 2.55 bits per heavy atom. The molecular formula is C17H20N2O. The van der Waals surface area contributed by atoms with Crippen LogP contribution < -0.4 is 15.4 Å². The third kappa shape index (κ3) is 3.18. The van der Waals surface area contributed by atoms with Gasteiger partial charge < -0.3 is 15.4 Å². The van der Waals surface area contributed by atoms with Crippen LogP contribution in [0.1, 0.15) is 17.2 Å². The van der Waals surface area contributed by atoms with Crippen molar-refractivity contribution in [3.05, 3.63) is 65.7 Å². The summed E-state index contributed by atoms with van der Waals surface area (Å²) in [6.45, 7) is 3.59. The van der Waals surface area contributed by atoms with Gasteiger partial charge in [0, 0.05) is 31.2 Å². The molecule has 2 N–H and O–H groups in total. The Labute approximate surface area is 120 Å². The predicted octanol–water partition coefficient (Wildman–Crippen LogP) is 2.50. The van der Waals surface area contributed by atoms with E-state index in [9.17, 15) is 0 Å². The summed E-state index contributed by atoms with van der Waals surface area (Å²) >= 11 is 0. The molecule has 0 unspecified atom stereocenters. The van der Waals surface area contributed by atoms with Gasteiger partial charge in [0.05, 0.1) is 0 Å². The molecule has 104 valence electrons. The molecule has 0 aliphatic carbocycles. The molecule has 0 bridgehead atoms. The maximum Gasteiger partial charge on any atom is 0.124 e. The van der Waals surface area contributed by atoms with Crippen LogP contribution in [0.5, 0.6) is 5.75 Å². The first kappa shape index (κ1) is 13.2. The largest absolute Gasteiger partial charge is 0.489 e. The molecule has 2 aromatic rings. The number of ether oxygens (including phenoxy) is 1. The highest BCUT2D eigenvalue weighted by Crippen LogP contribution is 2.26. The van der Waals surface area contributed by atoms with Crippen molar-refractivity contribution in [3.63, 3.8) is 0 Å². The van der Waals surface area contributed by atoms with Crippen molar-refractivity contribution in [2.75, 3.05) is 19.6 Å². The van der Waals surface area contributed by atoms with Crippen molar-refractivity contribution < 1.29 is 4.74 Å². The Morgan fingerprint density at radius 1 is 0.950 bits per heavy atom. The summed E-state index contributed by atoms with van der Waals surface area (Å²) in [5, 5.41) is 6.95. The SMILES string of the molecule is c1ccc(COc2ccccc2[C@@H]2CNCCN2)cc1. The minimum absolute atomic E-state index is 0.329. The van der Waals surface area contributed by atoms with E-state index >= 15 is 0 Å². The molecule has 1 atom stereocenters. The van der Waals surface area contributed by atoms with Gasteiger partial charge in [0.25, 0.3) is 0 Å². The summed E-state index contributed by atoms with van der Waals surface area (Å²) < 4.78 is 6.01. The number of hydrogen-bond donors (Lipinski definition) is 2. The molecule has 20 heavy (non-hydrogen) atoms. The number of piperazine rings is 1. The fourth-order valence-electron chi connectivity index (χ4n) is 2.51. The average molecular weight is 268 g/mol. The first-order valence-corrected chi connectivity index (χ1v) is 7.13. The van der Waals surface area contributed by atoms with E-state index in [1.54, 1.807) is 0 Å². The molecule has 0 radical (unpaired) electrons. The first-order valence-electron chi connectivity index (χ1n) is 7.13. The maximum atomic E-state index is 6.01. The van der Waals surface area contributed by atoms with Crippen LogP contribution in [0.4, 0.5) is 0 Å². The summed E-state index contributed by atoms with van der Waals surface area (Å²) in [4.78, 5) is 0. The van der Waals surface area contributed by atoms with Gasteiger partial charge in [0.1, 0.15) is 12.4 Å². The van der Waals surface area contributed by atoms with Crippen LogP contribution in [0.15, 0.2) is 54.6 Å². The summed E-state index contributed by atoms with van der Waals surface area (Å²) in [7, 11) is 0. The lowest BCUT2D eigenvalue weighted by atomic mass is 10.0. The van der Waals surface area contributed by atoms with Gasteiger partial charge in [0.2, 0.25) is 0 Å². The molecule has 1 aliphatic heterocycles. The van der Waals surface area contributed by atoms with Crippen molar-refractivity contribution >= 4 is 0 Å². The predicted molar refractivity (Wildman–Crippen MR) is 80.8 cm³/mol. The lowest BCUT2D eigenvalue weighted by molar-refractivity contribution is 0.296. The van der Waals surface area contributed by atoms with Crippen molar-refractivity contribution in [2.24, 2.45) is 0 Å². The number of para-hydroxylation sites is 1. The minimum Gasteiger partial charge on any atom is -0.489 e. The monoisotopic (exact) mass is 268 g/mol. The highest BCUT2D eigenvalue weighted by molar-refractivity contribution is 5.36. The fourth-order valence-corrected chi connectivity index (χ4v) is 2.51. The molecule has 2 aromatic carbocycles. The van der Waals surface area contributed by atoms with Gasteiger partial charge >= 0.3 is 0 Å². The number of rotatable bonds is 4. The number of benzene rings is 2. The quantitative estimate of drug-likeness (QED) is 0.894. The van der Waals surface area contributed by atoms with Crippen molar-refractivity contribution in [3.8, 4) is 5.75 Å². The molecule has 0 saturated carbocycles. The van der Waals surface area contributed by atoms with Crippen LogP contribution in [-0.2, 0) is 6.61 Å². The van der Waals surface area contributed by atoms with Gasteiger partial charge in [-0.25, -0.2) is 0 Å². The van der Waals surface area contributed by atoms with Crippen molar-refractivity contribution in [1.82, 2.24) is 10.6 Å². The topological polar surface area (TPSA) is 33.3 Å². The molecule has 3 nitrogen and oxygen atoms in total. The zero-order valence-electron chi connectivity index (χ0n) is 11.5. The summed E-state index contributed by atoms with van der Waals surface area (Å²) in [5.41, 5.74) is 2.42. The molecule has 0 spiro atoms. The molecule has 1 heterocycles. The van der Waals surface area contributed by atoms with Crippen molar-refractivity contribution in [1.29, 1.82) is 0 Å². The number of hydrogen-bond acceptors (Lipinski definition) is 3. The third-order valence-electron chi connectivity index (χ3n) is 3.57. The molecule has 0 amide bonds. The Kier molecular flexibility index (Phi) is 4.31. The molecular weight excluding hydrogens is 248 g/mol. The summed E-state index contributed by atoms with van der Waals surface area (Å²) in [5.74, 6) is 0.970. The van der Waals surface area contributed by atoms with Gasteiger partial charge in [-0.1, -0.05) is 48.5 Å². The Bertz CT molecular complexity index is 536. The average Bonchev–Trinajstić information content (AvgIpc) is 2.55. The zero-order chi connectivity index (χ0) is 13.6. The van der Waals surface area contributed by atoms with Gasteiger partial charge in [-0.2, -0.15) is 0 Å². The highest BCUT2D eigenvalue weighted by Gasteiger charge is 2.17. The minimum atomic E-state index is 0.329. The van der Waals surface area contributed by atoms with E-state index in [0.29, 0.717) is 12.6 Å². The Balaban J connectivity index is 1.72.